The van der Waals surface area contributed by atoms with E-state index >= 15 is 0 Å². The fourth-order valence-corrected chi connectivity index (χ4v) is 1.79. The SMILES string of the molecule is CSCC[C@H](NC(=O)N(CCO)CC(F)(F)F)C(=O)O. The maximum absolute atomic E-state index is 12.3. The summed E-state index contributed by atoms with van der Waals surface area (Å²) in [6, 6.07) is -2.42. The smallest absolute Gasteiger partial charge is 0.406 e. The van der Waals surface area contributed by atoms with E-state index in [0.717, 1.165) is 0 Å². The van der Waals surface area contributed by atoms with E-state index in [1.807, 2.05) is 5.32 Å². The van der Waals surface area contributed by atoms with Crippen molar-refractivity contribution in [2.45, 2.75) is 18.6 Å². The molecule has 0 saturated carbocycles. The lowest BCUT2D eigenvalue weighted by Crippen LogP contribution is -2.51. The van der Waals surface area contributed by atoms with Gasteiger partial charge in [-0.3, -0.25) is 0 Å². The first-order valence-electron chi connectivity index (χ1n) is 5.66. The number of urea groups is 1. The Labute approximate surface area is 118 Å². The molecular formula is C10H17F3N2O4S. The summed E-state index contributed by atoms with van der Waals surface area (Å²) in [5.74, 6) is -0.875. The minimum atomic E-state index is -4.62. The molecule has 118 valence electrons. The molecule has 0 radical (unpaired) electrons. The molecule has 1 atom stereocenters. The molecule has 3 N–H and O–H groups in total. The largest absolute Gasteiger partial charge is 0.480 e. The van der Waals surface area contributed by atoms with Gasteiger partial charge in [-0.2, -0.15) is 24.9 Å². The lowest BCUT2D eigenvalue weighted by Gasteiger charge is -2.25. The highest BCUT2D eigenvalue weighted by molar-refractivity contribution is 7.98. The van der Waals surface area contributed by atoms with E-state index < -0.39 is 43.9 Å². The van der Waals surface area contributed by atoms with Crippen molar-refractivity contribution in [1.29, 1.82) is 0 Å². The second-order valence-corrected chi connectivity index (χ2v) is 4.87. The van der Waals surface area contributed by atoms with Crippen LogP contribution in [0.5, 0.6) is 0 Å². The molecule has 0 fully saturated rings. The Morgan fingerprint density at radius 1 is 1.40 bits per heavy atom. The molecule has 0 aliphatic rings. The Bertz CT molecular complexity index is 328. The number of halogens is 3. The molecular weight excluding hydrogens is 301 g/mol. The number of hydrogen-bond donors (Lipinski definition) is 3. The summed E-state index contributed by atoms with van der Waals surface area (Å²) in [7, 11) is 0. The Hall–Kier alpha value is -1.16. The average molecular weight is 318 g/mol. The Morgan fingerprint density at radius 3 is 2.40 bits per heavy atom. The van der Waals surface area contributed by atoms with Gasteiger partial charge in [0.25, 0.3) is 0 Å². The van der Waals surface area contributed by atoms with Crippen LogP contribution in [0.2, 0.25) is 0 Å². The summed E-state index contributed by atoms with van der Waals surface area (Å²) in [5.41, 5.74) is 0. The van der Waals surface area contributed by atoms with Crippen molar-refractivity contribution in [2.24, 2.45) is 0 Å². The first-order chi connectivity index (χ1) is 9.21. The minimum absolute atomic E-state index is 0.0984. The Balaban J connectivity index is 4.66. The van der Waals surface area contributed by atoms with Crippen LogP contribution in [0.3, 0.4) is 0 Å². The third-order valence-electron chi connectivity index (χ3n) is 2.23. The van der Waals surface area contributed by atoms with Gasteiger partial charge in [-0.05, 0) is 18.4 Å². The number of nitrogens with zero attached hydrogens (tertiary/aromatic N) is 1. The molecule has 0 heterocycles. The second-order valence-electron chi connectivity index (χ2n) is 3.88. The number of aliphatic hydroxyl groups excluding tert-OH is 1. The van der Waals surface area contributed by atoms with Gasteiger partial charge < -0.3 is 20.4 Å². The van der Waals surface area contributed by atoms with Crippen molar-refractivity contribution >= 4 is 23.8 Å². The number of carbonyl (C=O) groups excluding carboxylic acids is 1. The number of carbonyl (C=O) groups is 2. The van der Waals surface area contributed by atoms with Gasteiger partial charge in [0.2, 0.25) is 0 Å². The van der Waals surface area contributed by atoms with Crippen LogP contribution >= 0.6 is 11.8 Å². The minimum Gasteiger partial charge on any atom is -0.480 e. The van der Waals surface area contributed by atoms with E-state index in [0.29, 0.717) is 10.7 Å². The number of aliphatic carboxylic acids is 1. The first-order valence-corrected chi connectivity index (χ1v) is 7.05. The van der Waals surface area contributed by atoms with Gasteiger partial charge in [-0.1, -0.05) is 0 Å². The van der Waals surface area contributed by atoms with Crippen LogP contribution in [0.15, 0.2) is 0 Å². The lowest BCUT2D eigenvalue weighted by atomic mass is 10.2. The maximum Gasteiger partial charge on any atom is 0.406 e. The van der Waals surface area contributed by atoms with Gasteiger partial charge in [-0.25, -0.2) is 9.59 Å². The highest BCUT2D eigenvalue weighted by atomic mass is 32.2. The number of carboxylic acids is 1. The Kier molecular flexibility index (Phi) is 8.39. The van der Waals surface area contributed by atoms with Crippen LogP contribution in [-0.2, 0) is 4.79 Å². The number of nitrogens with one attached hydrogen (secondary N) is 1. The van der Waals surface area contributed by atoms with Crippen molar-refractivity contribution in [3.63, 3.8) is 0 Å². The molecule has 0 aliphatic carbocycles. The molecule has 0 aromatic rings. The summed E-state index contributed by atoms with van der Waals surface area (Å²) in [6.45, 7) is -2.72. The van der Waals surface area contributed by atoms with Gasteiger partial charge in [0.1, 0.15) is 12.6 Å². The molecule has 0 aromatic heterocycles. The summed E-state index contributed by atoms with van der Waals surface area (Å²) in [4.78, 5) is 22.8. The number of aliphatic hydroxyl groups is 1. The molecule has 6 nitrogen and oxygen atoms in total. The van der Waals surface area contributed by atoms with Crippen LogP contribution in [0.25, 0.3) is 0 Å². The average Bonchev–Trinajstić information content (AvgIpc) is 2.31. The number of alkyl halides is 3. The molecule has 0 bridgehead atoms. The van der Waals surface area contributed by atoms with Crippen LogP contribution in [0.4, 0.5) is 18.0 Å². The first kappa shape index (κ1) is 18.8. The number of carboxylic acid groups (broad SMARTS) is 1. The number of rotatable bonds is 8. The second kappa shape index (κ2) is 8.90. The molecule has 0 aliphatic heterocycles. The van der Waals surface area contributed by atoms with Crippen molar-refractivity contribution in [1.82, 2.24) is 10.2 Å². The number of hydrogen-bond acceptors (Lipinski definition) is 4. The summed E-state index contributed by atoms with van der Waals surface area (Å²) in [5, 5.41) is 19.6. The Morgan fingerprint density at radius 2 is 2.00 bits per heavy atom. The van der Waals surface area contributed by atoms with Gasteiger partial charge in [0.15, 0.2) is 0 Å². The van der Waals surface area contributed by atoms with E-state index in [2.05, 4.69) is 0 Å². The van der Waals surface area contributed by atoms with E-state index in [9.17, 15) is 22.8 Å². The molecule has 0 unspecified atom stereocenters. The van der Waals surface area contributed by atoms with Crippen LogP contribution in [0, 0.1) is 0 Å². The predicted molar refractivity (Wildman–Crippen MR) is 67.7 cm³/mol. The van der Waals surface area contributed by atoms with Crippen molar-refractivity contribution in [2.75, 3.05) is 31.7 Å². The maximum atomic E-state index is 12.3. The monoisotopic (exact) mass is 318 g/mol. The molecule has 0 aromatic carbocycles. The fraction of sp³-hybridized carbons (Fsp3) is 0.800. The normalized spacial score (nSPS) is 12.8. The molecule has 0 saturated heterocycles. The van der Waals surface area contributed by atoms with Crippen LogP contribution < -0.4 is 5.32 Å². The van der Waals surface area contributed by atoms with Gasteiger partial charge >= 0.3 is 18.2 Å². The molecule has 0 rings (SSSR count). The van der Waals surface area contributed by atoms with Gasteiger partial charge in [-0.15, -0.1) is 0 Å². The summed E-state index contributed by atoms with van der Waals surface area (Å²) in [6.07, 6.45) is -2.78. The van der Waals surface area contributed by atoms with Crippen LogP contribution in [-0.4, -0.2) is 71.0 Å². The third-order valence-corrected chi connectivity index (χ3v) is 2.88. The van der Waals surface area contributed by atoms with Crippen molar-refractivity contribution < 1.29 is 33.0 Å². The quantitative estimate of drug-likeness (QED) is 0.615. The molecule has 0 spiro atoms. The topological polar surface area (TPSA) is 89.9 Å². The summed E-state index contributed by atoms with van der Waals surface area (Å²) >= 11 is 1.35. The zero-order chi connectivity index (χ0) is 15.8. The fourth-order valence-electron chi connectivity index (χ4n) is 1.32. The van der Waals surface area contributed by atoms with E-state index in [-0.39, 0.29) is 6.42 Å². The molecule has 2 amide bonds. The van der Waals surface area contributed by atoms with E-state index in [1.165, 1.54) is 11.8 Å². The standard InChI is InChI=1S/C10H17F3N2O4S/c1-20-5-2-7(8(17)18)14-9(19)15(3-4-16)6-10(11,12)13/h7,16H,2-6H2,1H3,(H,14,19)(H,17,18)/t7-/m0/s1. The predicted octanol–water partition coefficient (Wildman–Crippen LogP) is 0.759. The van der Waals surface area contributed by atoms with Crippen molar-refractivity contribution in [3.05, 3.63) is 0 Å². The highest BCUT2D eigenvalue weighted by Gasteiger charge is 2.33. The summed E-state index contributed by atoms with van der Waals surface area (Å²) < 4.78 is 36.8. The third kappa shape index (κ3) is 8.10. The van der Waals surface area contributed by atoms with E-state index in [1.54, 1.807) is 6.26 Å². The highest BCUT2D eigenvalue weighted by Crippen LogP contribution is 2.16. The van der Waals surface area contributed by atoms with Crippen molar-refractivity contribution in [3.8, 4) is 0 Å². The molecule has 20 heavy (non-hydrogen) atoms. The van der Waals surface area contributed by atoms with E-state index in [4.69, 9.17) is 10.2 Å². The number of thioether (sulfide) groups is 1. The zero-order valence-electron chi connectivity index (χ0n) is 10.8. The van der Waals surface area contributed by atoms with Crippen LogP contribution in [0.1, 0.15) is 6.42 Å². The zero-order valence-corrected chi connectivity index (χ0v) is 11.6. The lowest BCUT2D eigenvalue weighted by molar-refractivity contribution is -0.141. The van der Waals surface area contributed by atoms with Gasteiger partial charge in [0, 0.05) is 6.54 Å². The van der Waals surface area contributed by atoms with Gasteiger partial charge in [0.05, 0.1) is 6.61 Å². The molecule has 10 heteroatoms. The number of amides is 2.